The van der Waals surface area contributed by atoms with Crippen LogP contribution in [-0.2, 0) is 28.6 Å². The molecule has 0 bridgehead atoms. The summed E-state index contributed by atoms with van der Waals surface area (Å²) in [5, 5.41) is 0. The first kappa shape index (κ1) is 75.3. The third kappa shape index (κ3) is 65.0. The zero-order valence-electron chi connectivity index (χ0n) is 52.1. The van der Waals surface area contributed by atoms with Gasteiger partial charge in [0, 0.05) is 19.3 Å². The molecule has 0 aromatic carbocycles. The lowest BCUT2D eigenvalue weighted by atomic mass is 10.0. The van der Waals surface area contributed by atoms with Crippen molar-refractivity contribution in [3.05, 3.63) is 97.2 Å². The van der Waals surface area contributed by atoms with Crippen LogP contribution in [0.3, 0.4) is 0 Å². The number of unbranched alkanes of at least 4 members (excludes halogenated alkanes) is 34. The van der Waals surface area contributed by atoms with Gasteiger partial charge in [-0.15, -0.1) is 0 Å². The summed E-state index contributed by atoms with van der Waals surface area (Å²) in [6, 6.07) is 0. The van der Waals surface area contributed by atoms with Crippen LogP contribution in [0.15, 0.2) is 97.2 Å². The molecule has 0 amide bonds. The monoisotopic (exact) mass is 1100 g/mol. The maximum atomic E-state index is 12.9. The molecule has 0 aliphatic carbocycles. The van der Waals surface area contributed by atoms with Crippen molar-refractivity contribution < 1.29 is 28.6 Å². The highest BCUT2D eigenvalue weighted by atomic mass is 16.6. The first-order chi connectivity index (χ1) is 39.0. The maximum absolute atomic E-state index is 12.9. The van der Waals surface area contributed by atoms with Crippen molar-refractivity contribution in [2.24, 2.45) is 0 Å². The molecule has 1 unspecified atom stereocenters. The van der Waals surface area contributed by atoms with Crippen molar-refractivity contribution in [3.8, 4) is 0 Å². The minimum absolute atomic E-state index is 0.0851. The normalized spacial score (nSPS) is 12.7. The molecule has 0 saturated heterocycles. The SMILES string of the molecule is CC/C=C\C/C=C\C/C=C\C/C=C\CCCCCCCCC(=O)OC(COC(=O)CCCCCCC/C=C\CCCCCC)COC(=O)CCCCCCCCCCCCCCCC/C=C\C/C=C\C/C=C\CCCCCCC. The molecule has 454 valence electrons. The second-order valence-corrected chi connectivity index (χ2v) is 22.3. The van der Waals surface area contributed by atoms with Gasteiger partial charge in [-0.25, -0.2) is 0 Å². The van der Waals surface area contributed by atoms with Gasteiger partial charge in [0.1, 0.15) is 13.2 Å². The minimum atomic E-state index is -0.790. The smallest absolute Gasteiger partial charge is 0.306 e. The van der Waals surface area contributed by atoms with Gasteiger partial charge in [-0.3, -0.25) is 14.4 Å². The van der Waals surface area contributed by atoms with Gasteiger partial charge in [0.05, 0.1) is 0 Å². The van der Waals surface area contributed by atoms with E-state index >= 15 is 0 Å². The van der Waals surface area contributed by atoms with Crippen molar-refractivity contribution in [1.82, 2.24) is 0 Å². The van der Waals surface area contributed by atoms with Crippen molar-refractivity contribution >= 4 is 17.9 Å². The first-order valence-electron chi connectivity index (χ1n) is 33.7. The van der Waals surface area contributed by atoms with Gasteiger partial charge in [0.2, 0.25) is 0 Å². The fourth-order valence-electron chi connectivity index (χ4n) is 9.50. The lowest BCUT2D eigenvalue weighted by Crippen LogP contribution is -2.30. The molecule has 0 N–H and O–H groups in total. The van der Waals surface area contributed by atoms with Crippen LogP contribution in [0.2, 0.25) is 0 Å². The average molecular weight is 1100 g/mol. The topological polar surface area (TPSA) is 78.9 Å². The fraction of sp³-hybridized carbons (Fsp3) is 0.740. The Morgan fingerprint density at radius 3 is 0.797 bits per heavy atom. The molecule has 79 heavy (non-hydrogen) atoms. The van der Waals surface area contributed by atoms with Gasteiger partial charge in [-0.2, -0.15) is 0 Å². The number of carbonyl (C=O) groups is 3. The lowest BCUT2D eigenvalue weighted by Gasteiger charge is -2.18. The van der Waals surface area contributed by atoms with Crippen molar-refractivity contribution in [1.29, 1.82) is 0 Å². The number of hydrogen-bond donors (Lipinski definition) is 0. The number of carbonyl (C=O) groups excluding carboxylic acids is 3. The molecule has 0 aromatic rings. The van der Waals surface area contributed by atoms with Crippen LogP contribution in [0.5, 0.6) is 0 Å². The van der Waals surface area contributed by atoms with Crippen molar-refractivity contribution in [2.75, 3.05) is 13.2 Å². The van der Waals surface area contributed by atoms with Crippen LogP contribution in [0.4, 0.5) is 0 Å². The first-order valence-corrected chi connectivity index (χ1v) is 33.7. The Bertz CT molecular complexity index is 1540. The van der Waals surface area contributed by atoms with Crippen LogP contribution < -0.4 is 0 Å². The van der Waals surface area contributed by atoms with Crippen LogP contribution >= 0.6 is 0 Å². The van der Waals surface area contributed by atoms with Crippen molar-refractivity contribution in [3.63, 3.8) is 0 Å². The van der Waals surface area contributed by atoms with E-state index in [0.717, 1.165) is 116 Å². The second kappa shape index (κ2) is 66.8. The number of allylic oxidation sites excluding steroid dienone is 16. The number of ether oxygens (including phenoxy) is 3. The summed E-state index contributed by atoms with van der Waals surface area (Å²) in [6.45, 7) is 6.51. The molecular formula is C73H126O6. The van der Waals surface area contributed by atoms with Crippen molar-refractivity contribution in [2.45, 2.75) is 335 Å². The third-order valence-corrected chi connectivity index (χ3v) is 14.5. The van der Waals surface area contributed by atoms with Crippen LogP contribution in [0, 0.1) is 0 Å². The Hall–Kier alpha value is -3.67. The molecule has 0 aromatic heterocycles. The molecular weight excluding hydrogens is 973 g/mol. The summed E-state index contributed by atoms with van der Waals surface area (Å²) < 4.78 is 16.9. The van der Waals surface area contributed by atoms with E-state index in [1.165, 1.54) is 173 Å². The summed E-state index contributed by atoms with van der Waals surface area (Å²) in [5.74, 6) is -0.898. The molecule has 1 atom stereocenters. The highest BCUT2D eigenvalue weighted by Gasteiger charge is 2.19. The number of rotatable bonds is 61. The zero-order chi connectivity index (χ0) is 57.1. The minimum Gasteiger partial charge on any atom is -0.462 e. The van der Waals surface area contributed by atoms with E-state index in [0.29, 0.717) is 19.3 Å². The highest BCUT2D eigenvalue weighted by Crippen LogP contribution is 2.16. The van der Waals surface area contributed by atoms with Gasteiger partial charge in [0.25, 0.3) is 0 Å². The number of hydrogen-bond acceptors (Lipinski definition) is 6. The van der Waals surface area contributed by atoms with Crippen LogP contribution in [-0.4, -0.2) is 37.2 Å². The van der Waals surface area contributed by atoms with Gasteiger partial charge >= 0.3 is 17.9 Å². The summed E-state index contributed by atoms with van der Waals surface area (Å²) in [7, 11) is 0. The summed E-state index contributed by atoms with van der Waals surface area (Å²) in [4.78, 5) is 38.3. The maximum Gasteiger partial charge on any atom is 0.306 e. The van der Waals surface area contributed by atoms with Gasteiger partial charge in [0.15, 0.2) is 6.10 Å². The Labute approximate surface area is 489 Å². The molecule has 0 spiro atoms. The standard InChI is InChI=1S/C73H126O6/c1-4-7-10-13-16-19-22-25-27-29-31-32-33-34-35-36-37-38-39-40-42-43-45-48-51-54-57-60-63-66-72(75)78-69-70(68-77-71(74)65-62-59-56-53-50-47-24-21-18-15-12-9-6-3)79-73(76)67-64-61-58-55-52-49-46-44-41-30-28-26-23-20-17-14-11-8-5-2/h8,11,17,20-22,24-26,28-29,31,33-34,41,44,70H,4-7,9-10,12-16,18-19,23,27,30,32,35-40,42-43,45-69H2,1-3H3/b11-8-,20-17-,24-21-,25-22-,28-26-,31-29-,34-33-,44-41-. The number of esters is 3. The van der Waals surface area contributed by atoms with E-state index in [2.05, 4.69) is 118 Å². The predicted molar refractivity (Wildman–Crippen MR) is 344 cm³/mol. The molecule has 0 saturated carbocycles. The third-order valence-electron chi connectivity index (χ3n) is 14.5. The zero-order valence-corrected chi connectivity index (χ0v) is 52.1. The predicted octanol–water partition coefficient (Wildman–Crippen LogP) is 23.2. The molecule has 0 radical (unpaired) electrons. The molecule has 0 aliphatic rings. The van der Waals surface area contributed by atoms with E-state index in [9.17, 15) is 14.4 Å². The fourth-order valence-corrected chi connectivity index (χ4v) is 9.50. The van der Waals surface area contributed by atoms with E-state index in [-0.39, 0.29) is 31.1 Å². The second-order valence-electron chi connectivity index (χ2n) is 22.3. The largest absolute Gasteiger partial charge is 0.462 e. The van der Waals surface area contributed by atoms with E-state index in [1.807, 2.05) is 0 Å². The Morgan fingerprint density at radius 1 is 0.266 bits per heavy atom. The van der Waals surface area contributed by atoms with Gasteiger partial charge in [-0.05, 0) is 122 Å². The Kier molecular flexibility index (Phi) is 63.7. The van der Waals surface area contributed by atoms with E-state index in [1.54, 1.807) is 0 Å². The summed E-state index contributed by atoms with van der Waals surface area (Å²) >= 11 is 0. The molecule has 0 aliphatic heterocycles. The summed E-state index contributed by atoms with van der Waals surface area (Å²) in [5.41, 5.74) is 0. The quantitative estimate of drug-likeness (QED) is 0.0261. The Morgan fingerprint density at radius 2 is 0.494 bits per heavy atom. The lowest BCUT2D eigenvalue weighted by molar-refractivity contribution is -0.167. The molecule has 6 heteroatoms. The molecule has 0 rings (SSSR count). The van der Waals surface area contributed by atoms with Gasteiger partial charge < -0.3 is 14.2 Å². The highest BCUT2D eigenvalue weighted by molar-refractivity contribution is 5.71. The summed E-state index contributed by atoms with van der Waals surface area (Å²) in [6.07, 6.45) is 89.9. The van der Waals surface area contributed by atoms with Gasteiger partial charge in [-0.1, -0.05) is 285 Å². The van der Waals surface area contributed by atoms with Crippen LogP contribution in [0.25, 0.3) is 0 Å². The molecule has 6 nitrogen and oxygen atoms in total. The molecule has 0 fully saturated rings. The van der Waals surface area contributed by atoms with E-state index in [4.69, 9.17) is 14.2 Å². The van der Waals surface area contributed by atoms with Crippen LogP contribution in [0.1, 0.15) is 329 Å². The Balaban J connectivity index is 4.27. The molecule has 0 heterocycles. The average Bonchev–Trinajstić information content (AvgIpc) is 3.45. The van der Waals surface area contributed by atoms with E-state index < -0.39 is 6.10 Å².